The SMILES string of the molecule is N#Cc1c(-c2ccccc2)nn(C2CCCCCC2)c1Cl. The Morgan fingerprint density at radius 1 is 1.10 bits per heavy atom. The summed E-state index contributed by atoms with van der Waals surface area (Å²) >= 11 is 6.44. The number of rotatable bonds is 2. The molecule has 0 unspecified atom stereocenters. The van der Waals surface area contributed by atoms with E-state index >= 15 is 0 Å². The molecule has 0 spiro atoms. The van der Waals surface area contributed by atoms with Crippen LogP contribution in [0.25, 0.3) is 11.3 Å². The van der Waals surface area contributed by atoms with Crippen molar-refractivity contribution in [2.24, 2.45) is 0 Å². The summed E-state index contributed by atoms with van der Waals surface area (Å²) in [4.78, 5) is 0. The van der Waals surface area contributed by atoms with E-state index in [2.05, 4.69) is 11.2 Å². The van der Waals surface area contributed by atoms with Crippen LogP contribution in [-0.4, -0.2) is 9.78 Å². The van der Waals surface area contributed by atoms with Crippen LogP contribution in [-0.2, 0) is 0 Å². The van der Waals surface area contributed by atoms with Crippen molar-refractivity contribution in [2.75, 3.05) is 0 Å². The highest BCUT2D eigenvalue weighted by atomic mass is 35.5. The molecule has 0 atom stereocenters. The molecule has 21 heavy (non-hydrogen) atoms. The van der Waals surface area contributed by atoms with Crippen LogP contribution < -0.4 is 0 Å². The first-order chi connectivity index (χ1) is 10.3. The summed E-state index contributed by atoms with van der Waals surface area (Å²) in [6.45, 7) is 0. The van der Waals surface area contributed by atoms with Gasteiger partial charge in [0.1, 0.15) is 22.5 Å². The first-order valence-corrected chi connectivity index (χ1v) is 7.92. The predicted octanol–water partition coefficient (Wildman–Crippen LogP) is 4.97. The Labute approximate surface area is 130 Å². The van der Waals surface area contributed by atoms with Gasteiger partial charge in [-0.3, -0.25) is 0 Å². The maximum Gasteiger partial charge on any atom is 0.145 e. The Morgan fingerprint density at radius 3 is 2.38 bits per heavy atom. The second-order valence-corrected chi connectivity index (χ2v) is 5.94. The van der Waals surface area contributed by atoms with E-state index in [1.165, 1.54) is 25.7 Å². The summed E-state index contributed by atoms with van der Waals surface area (Å²) in [5.74, 6) is 0. The summed E-state index contributed by atoms with van der Waals surface area (Å²) < 4.78 is 1.88. The van der Waals surface area contributed by atoms with E-state index in [0.717, 1.165) is 18.4 Å². The molecule has 3 rings (SSSR count). The second-order valence-electron chi connectivity index (χ2n) is 5.58. The van der Waals surface area contributed by atoms with Crippen LogP contribution in [0.5, 0.6) is 0 Å². The molecule has 3 nitrogen and oxygen atoms in total. The maximum atomic E-state index is 9.44. The summed E-state index contributed by atoms with van der Waals surface area (Å²) in [6.07, 6.45) is 7.19. The van der Waals surface area contributed by atoms with Crippen LogP contribution in [0.15, 0.2) is 30.3 Å². The van der Waals surface area contributed by atoms with Crippen LogP contribution in [0.2, 0.25) is 5.15 Å². The van der Waals surface area contributed by atoms with Crippen LogP contribution in [0.3, 0.4) is 0 Å². The zero-order chi connectivity index (χ0) is 14.7. The zero-order valence-electron chi connectivity index (χ0n) is 11.9. The van der Waals surface area contributed by atoms with Crippen molar-refractivity contribution < 1.29 is 0 Å². The smallest absolute Gasteiger partial charge is 0.145 e. The van der Waals surface area contributed by atoms with Crippen LogP contribution in [0.1, 0.15) is 50.1 Å². The Hall–Kier alpha value is -1.79. The van der Waals surface area contributed by atoms with E-state index in [-0.39, 0.29) is 0 Å². The van der Waals surface area contributed by atoms with E-state index in [4.69, 9.17) is 11.6 Å². The highest BCUT2D eigenvalue weighted by Gasteiger charge is 2.23. The number of nitriles is 1. The fraction of sp³-hybridized carbons (Fsp3) is 0.412. The van der Waals surface area contributed by atoms with Crippen LogP contribution in [0, 0.1) is 11.3 Å². The van der Waals surface area contributed by atoms with Gasteiger partial charge < -0.3 is 0 Å². The van der Waals surface area contributed by atoms with Gasteiger partial charge in [-0.15, -0.1) is 0 Å². The molecule has 0 bridgehead atoms. The Bertz CT molecular complexity index is 647. The van der Waals surface area contributed by atoms with Gasteiger partial charge in [-0.2, -0.15) is 10.4 Å². The molecule has 1 saturated carbocycles. The van der Waals surface area contributed by atoms with Gasteiger partial charge in [-0.1, -0.05) is 67.6 Å². The summed E-state index contributed by atoms with van der Waals surface area (Å²) in [6, 6.07) is 12.3. The van der Waals surface area contributed by atoms with Gasteiger partial charge >= 0.3 is 0 Å². The van der Waals surface area contributed by atoms with Crippen molar-refractivity contribution in [1.82, 2.24) is 9.78 Å². The molecule has 2 aromatic rings. The molecule has 108 valence electrons. The Morgan fingerprint density at radius 2 is 1.76 bits per heavy atom. The van der Waals surface area contributed by atoms with Crippen LogP contribution in [0.4, 0.5) is 0 Å². The molecule has 1 aromatic heterocycles. The number of aromatic nitrogens is 2. The third-order valence-corrected chi connectivity index (χ3v) is 4.54. The molecule has 1 aliphatic carbocycles. The van der Waals surface area contributed by atoms with Gasteiger partial charge in [0.2, 0.25) is 0 Å². The highest BCUT2D eigenvalue weighted by Crippen LogP contribution is 2.34. The first-order valence-electron chi connectivity index (χ1n) is 7.55. The lowest BCUT2D eigenvalue weighted by atomic mass is 10.1. The van der Waals surface area contributed by atoms with Gasteiger partial charge in [0.15, 0.2) is 0 Å². The number of hydrogen-bond acceptors (Lipinski definition) is 2. The fourth-order valence-electron chi connectivity index (χ4n) is 3.06. The van der Waals surface area contributed by atoms with Crippen molar-refractivity contribution >= 4 is 11.6 Å². The summed E-state index contributed by atoms with van der Waals surface area (Å²) in [7, 11) is 0. The zero-order valence-corrected chi connectivity index (χ0v) is 12.7. The monoisotopic (exact) mass is 299 g/mol. The largest absolute Gasteiger partial charge is 0.249 e. The molecular weight excluding hydrogens is 282 g/mol. The van der Waals surface area contributed by atoms with E-state index in [1.54, 1.807) is 0 Å². The third-order valence-electron chi connectivity index (χ3n) is 4.18. The molecule has 0 amide bonds. The van der Waals surface area contributed by atoms with Gasteiger partial charge in [0.05, 0.1) is 6.04 Å². The lowest BCUT2D eigenvalue weighted by Gasteiger charge is -2.15. The average Bonchev–Trinajstić information content (AvgIpc) is 2.70. The molecule has 0 radical (unpaired) electrons. The molecule has 1 heterocycles. The van der Waals surface area contributed by atoms with Crippen molar-refractivity contribution in [3.05, 3.63) is 41.0 Å². The number of halogens is 1. The average molecular weight is 300 g/mol. The molecule has 1 aromatic carbocycles. The van der Waals surface area contributed by atoms with Gasteiger partial charge in [0.25, 0.3) is 0 Å². The van der Waals surface area contributed by atoms with Gasteiger partial charge in [-0.25, -0.2) is 4.68 Å². The molecule has 1 fully saturated rings. The van der Waals surface area contributed by atoms with Crippen molar-refractivity contribution in [3.63, 3.8) is 0 Å². The summed E-state index contributed by atoms with van der Waals surface area (Å²) in [5, 5.41) is 14.6. The van der Waals surface area contributed by atoms with E-state index in [0.29, 0.717) is 22.5 Å². The van der Waals surface area contributed by atoms with Crippen LogP contribution >= 0.6 is 11.6 Å². The third kappa shape index (κ3) is 2.82. The van der Waals surface area contributed by atoms with E-state index in [1.807, 2.05) is 35.0 Å². The van der Waals surface area contributed by atoms with Crippen molar-refractivity contribution in [2.45, 2.75) is 44.6 Å². The number of nitrogens with zero attached hydrogens (tertiary/aromatic N) is 3. The van der Waals surface area contributed by atoms with E-state index < -0.39 is 0 Å². The molecular formula is C17H18ClN3. The van der Waals surface area contributed by atoms with Gasteiger partial charge in [0, 0.05) is 5.56 Å². The van der Waals surface area contributed by atoms with E-state index in [9.17, 15) is 5.26 Å². The second kappa shape index (κ2) is 6.32. The molecule has 0 saturated heterocycles. The number of hydrogen-bond donors (Lipinski definition) is 0. The van der Waals surface area contributed by atoms with Crippen molar-refractivity contribution in [1.29, 1.82) is 5.26 Å². The van der Waals surface area contributed by atoms with Gasteiger partial charge in [-0.05, 0) is 12.8 Å². The lowest BCUT2D eigenvalue weighted by Crippen LogP contribution is -2.10. The molecule has 4 heteroatoms. The minimum absolute atomic E-state index is 0.324. The minimum Gasteiger partial charge on any atom is -0.249 e. The minimum atomic E-state index is 0.324. The molecule has 0 aliphatic heterocycles. The summed E-state index contributed by atoms with van der Waals surface area (Å²) in [5.41, 5.74) is 2.14. The topological polar surface area (TPSA) is 41.6 Å². The quantitative estimate of drug-likeness (QED) is 0.735. The lowest BCUT2D eigenvalue weighted by molar-refractivity contribution is 0.407. The Balaban J connectivity index is 2.03. The normalized spacial score (nSPS) is 16.4. The molecule has 1 aliphatic rings. The maximum absolute atomic E-state index is 9.44. The standard InChI is InChI=1S/C17H18ClN3/c18-17-15(12-19)16(13-8-4-3-5-9-13)20-21(17)14-10-6-1-2-7-11-14/h3-5,8-9,14H,1-2,6-7,10-11H2. The molecule has 0 N–H and O–H groups in total. The highest BCUT2D eigenvalue weighted by molar-refractivity contribution is 6.31. The number of benzene rings is 1. The Kier molecular flexibility index (Phi) is 4.26. The fourth-order valence-corrected chi connectivity index (χ4v) is 3.36. The first kappa shape index (κ1) is 14.2. The van der Waals surface area contributed by atoms with Crippen molar-refractivity contribution in [3.8, 4) is 17.3 Å². The predicted molar refractivity (Wildman–Crippen MR) is 84.1 cm³/mol.